The summed E-state index contributed by atoms with van der Waals surface area (Å²) in [4.78, 5) is 53.0. The highest BCUT2D eigenvalue weighted by atomic mass is 16.4. The molecule has 0 spiro atoms. The summed E-state index contributed by atoms with van der Waals surface area (Å²) in [7, 11) is 0. The molecule has 14 nitrogen and oxygen atoms in total. The van der Waals surface area contributed by atoms with Gasteiger partial charge in [-0.2, -0.15) is 9.97 Å². The van der Waals surface area contributed by atoms with Crippen molar-refractivity contribution in [1.29, 1.82) is 0 Å². The van der Waals surface area contributed by atoms with Gasteiger partial charge in [0.2, 0.25) is 5.95 Å². The van der Waals surface area contributed by atoms with Gasteiger partial charge in [-0.1, -0.05) is 0 Å². The Hall–Kier alpha value is -5.53. The van der Waals surface area contributed by atoms with Crippen LogP contribution >= 0.6 is 0 Å². The van der Waals surface area contributed by atoms with Gasteiger partial charge in [-0.05, 0) is 61.4 Å². The van der Waals surface area contributed by atoms with Crippen molar-refractivity contribution in [2.45, 2.75) is 25.4 Å². The standard InChI is InChI=1S/C26H28N10O4/c27-16-7-3-14(4-8-16)23(37)30-11-1-2-19(25(39)40)34-24(38)15-5-9-17(10-6-15)31-12-18-13-32-22-20(33-18)21(28)35-26(29)36-22/h3-10,13,19,31H,1-2,11-12,27H2,(H,30,37)(H,34,38)(H,39,40)(H4,28,29,32,35,36)/t19-/m0/s1. The predicted octanol–water partition coefficient (Wildman–Crippen LogP) is 1.17. The molecule has 0 saturated carbocycles. The monoisotopic (exact) mass is 544 g/mol. The number of carbonyl (C=O) groups is 3. The number of aliphatic carboxylic acids is 1. The third-order valence-corrected chi connectivity index (χ3v) is 5.85. The lowest BCUT2D eigenvalue weighted by Crippen LogP contribution is -2.41. The molecule has 4 rings (SSSR count). The van der Waals surface area contributed by atoms with Crippen molar-refractivity contribution in [3.05, 3.63) is 71.5 Å². The molecule has 0 aliphatic heterocycles. The highest BCUT2D eigenvalue weighted by molar-refractivity contribution is 5.97. The summed E-state index contributed by atoms with van der Waals surface area (Å²) in [5.41, 5.74) is 20.3. The van der Waals surface area contributed by atoms with Crippen LogP contribution in [-0.4, -0.2) is 55.4 Å². The molecule has 10 N–H and O–H groups in total. The van der Waals surface area contributed by atoms with Crippen molar-refractivity contribution in [2.24, 2.45) is 0 Å². The molecule has 1 atom stereocenters. The predicted molar refractivity (Wildman–Crippen MR) is 149 cm³/mol. The van der Waals surface area contributed by atoms with Crippen molar-refractivity contribution < 1.29 is 19.5 Å². The maximum absolute atomic E-state index is 12.7. The van der Waals surface area contributed by atoms with Crippen LogP contribution in [0.2, 0.25) is 0 Å². The molecule has 0 fully saturated rings. The van der Waals surface area contributed by atoms with E-state index in [0.29, 0.717) is 52.3 Å². The molecule has 2 heterocycles. The number of nitrogens with zero attached hydrogens (tertiary/aromatic N) is 4. The largest absolute Gasteiger partial charge is 0.480 e. The lowest BCUT2D eigenvalue weighted by atomic mass is 10.1. The first-order chi connectivity index (χ1) is 19.2. The Labute approximate surface area is 228 Å². The van der Waals surface area contributed by atoms with Crippen LogP contribution in [0.3, 0.4) is 0 Å². The van der Waals surface area contributed by atoms with Crippen LogP contribution < -0.4 is 33.2 Å². The third-order valence-electron chi connectivity index (χ3n) is 5.85. The minimum absolute atomic E-state index is 0.0166. The number of hydrogen-bond donors (Lipinski definition) is 7. The summed E-state index contributed by atoms with van der Waals surface area (Å²) in [5, 5.41) is 18.0. The lowest BCUT2D eigenvalue weighted by Gasteiger charge is -2.15. The quantitative estimate of drug-likeness (QED) is 0.104. The molecule has 2 aromatic carbocycles. The maximum atomic E-state index is 12.7. The van der Waals surface area contributed by atoms with E-state index in [1.165, 1.54) is 0 Å². The van der Waals surface area contributed by atoms with Gasteiger partial charge in [0.25, 0.3) is 11.8 Å². The molecule has 2 amide bonds. The van der Waals surface area contributed by atoms with Crippen LogP contribution in [0.4, 0.5) is 23.1 Å². The molecule has 0 aliphatic rings. The molecule has 206 valence electrons. The number of amides is 2. The van der Waals surface area contributed by atoms with E-state index in [9.17, 15) is 19.5 Å². The second-order valence-corrected chi connectivity index (χ2v) is 8.82. The van der Waals surface area contributed by atoms with Gasteiger partial charge >= 0.3 is 5.97 Å². The first-order valence-corrected chi connectivity index (χ1v) is 12.3. The maximum Gasteiger partial charge on any atom is 0.326 e. The van der Waals surface area contributed by atoms with Crippen LogP contribution in [0.25, 0.3) is 11.2 Å². The van der Waals surface area contributed by atoms with E-state index in [4.69, 9.17) is 17.2 Å². The fourth-order valence-corrected chi connectivity index (χ4v) is 3.74. The number of nitrogens with one attached hydrogen (secondary N) is 3. The molecule has 0 saturated heterocycles. The number of rotatable bonds is 11. The molecular formula is C26H28N10O4. The fraction of sp³-hybridized carbons (Fsp3) is 0.192. The van der Waals surface area contributed by atoms with E-state index >= 15 is 0 Å². The van der Waals surface area contributed by atoms with Gasteiger partial charge in [0.05, 0.1) is 18.4 Å². The van der Waals surface area contributed by atoms with Crippen molar-refractivity contribution in [3.63, 3.8) is 0 Å². The molecule has 14 heteroatoms. The smallest absolute Gasteiger partial charge is 0.326 e. The number of fused-ring (bicyclic) bond motifs is 1. The number of hydrogen-bond acceptors (Lipinski definition) is 11. The Kier molecular flexibility index (Phi) is 8.49. The van der Waals surface area contributed by atoms with E-state index < -0.39 is 17.9 Å². The number of carboxylic acids is 1. The summed E-state index contributed by atoms with van der Waals surface area (Å²) in [6, 6.07) is 11.9. The highest BCUT2D eigenvalue weighted by Gasteiger charge is 2.20. The second-order valence-electron chi connectivity index (χ2n) is 8.82. The topological polar surface area (TPSA) is 237 Å². The summed E-state index contributed by atoms with van der Waals surface area (Å²) >= 11 is 0. The molecule has 0 bridgehead atoms. The van der Waals surface area contributed by atoms with E-state index in [1.807, 2.05) is 0 Å². The number of carbonyl (C=O) groups excluding carboxylic acids is 2. The Bertz CT molecular complexity index is 1530. The Morgan fingerprint density at radius 3 is 2.25 bits per heavy atom. The number of anilines is 4. The second kappa shape index (κ2) is 12.3. The van der Waals surface area contributed by atoms with Crippen molar-refractivity contribution in [2.75, 3.05) is 29.1 Å². The van der Waals surface area contributed by atoms with Crippen LogP contribution in [0.5, 0.6) is 0 Å². The van der Waals surface area contributed by atoms with E-state index in [0.717, 1.165) is 0 Å². The Morgan fingerprint density at radius 1 is 0.875 bits per heavy atom. The van der Waals surface area contributed by atoms with Gasteiger partial charge in [-0.15, -0.1) is 0 Å². The fourth-order valence-electron chi connectivity index (χ4n) is 3.74. The molecule has 0 aliphatic carbocycles. The molecule has 4 aromatic rings. The summed E-state index contributed by atoms with van der Waals surface area (Å²) in [6.07, 6.45) is 2.03. The summed E-state index contributed by atoms with van der Waals surface area (Å²) < 4.78 is 0. The van der Waals surface area contributed by atoms with E-state index in [2.05, 4.69) is 35.9 Å². The first-order valence-electron chi connectivity index (χ1n) is 12.3. The highest BCUT2D eigenvalue weighted by Crippen LogP contribution is 2.16. The minimum atomic E-state index is -1.17. The van der Waals surface area contributed by atoms with Crippen LogP contribution in [0, 0.1) is 0 Å². The zero-order chi connectivity index (χ0) is 28.6. The van der Waals surface area contributed by atoms with Gasteiger partial charge in [-0.3, -0.25) is 9.59 Å². The molecular weight excluding hydrogens is 516 g/mol. The SMILES string of the molecule is Nc1ccc(C(=O)NCCC[C@H](NC(=O)c2ccc(NCc3cnc4nc(N)nc(N)c4n3)cc2)C(=O)O)cc1. The molecule has 0 radical (unpaired) electrons. The van der Waals surface area contributed by atoms with E-state index in [1.54, 1.807) is 54.7 Å². The third kappa shape index (κ3) is 7.06. The average Bonchev–Trinajstić information content (AvgIpc) is 2.94. The molecule has 0 unspecified atom stereocenters. The Balaban J connectivity index is 1.26. The summed E-state index contributed by atoms with van der Waals surface area (Å²) in [6.45, 7) is 0.562. The van der Waals surface area contributed by atoms with Crippen molar-refractivity contribution in [1.82, 2.24) is 30.6 Å². The van der Waals surface area contributed by atoms with Gasteiger partial charge in [0.15, 0.2) is 17.0 Å². The summed E-state index contributed by atoms with van der Waals surface area (Å²) in [5.74, 6) is -1.83. The number of carboxylic acid groups (broad SMARTS) is 1. The Morgan fingerprint density at radius 2 is 1.55 bits per heavy atom. The number of nitrogen functional groups attached to an aromatic ring is 3. The number of aromatic nitrogens is 4. The zero-order valence-corrected chi connectivity index (χ0v) is 21.3. The molecule has 40 heavy (non-hydrogen) atoms. The first kappa shape index (κ1) is 27.5. The minimum Gasteiger partial charge on any atom is -0.480 e. The van der Waals surface area contributed by atoms with Crippen LogP contribution in [0.15, 0.2) is 54.7 Å². The molecule has 2 aromatic heterocycles. The number of nitrogens with two attached hydrogens (primary N) is 3. The van der Waals surface area contributed by atoms with Gasteiger partial charge in [0, 0.05) is 29.0 Å². The van der Waals surface area contributed by atoms with E-state index in [-0.39, 0.29) is 30.6 Å². The lowest BCUT2D eigenvalue weighted by molar-refractivity contribution is -0.139. The van der Waals surface area contributed by atoms with Crippen molar-refractivity contribution >= 4 is 52.1 Å². The average molecular weight is 545 g/mol. The normalized spacial score (nSPS) is 11.5. The van der Waals surface area contributed by atoms with Gasteiger partial charge < -0.3 is 38.3 Å². The van der Waals surface area contributed by atoms with Gasteiger partial charge in [-0.25, -0.2) is 14.8 Å². The van der Waals surface area contributed by atoms with Gasteiger partial charge in [0.1, 0.15) is 6.04 Å². The zero-order valence-electron chi connectivity index (χ0n) is 21.3. The van der Waals surface area contributed by atoms with Crippen LogP contribution in [-0.2, 0) is 11.3 Å². The number of benzene rings is 2. The van der Waals surface area contributed by atoms with Crippen LogP contribution in [0.1, 0.15) is 39.3 Å². The van der Waals surface area contributed by atoms with Crippen molar-refractivity contribution in [3.8, 4) is 0 Å².